The summed E-state index contributed by atoms with van der Waals surface area (Å²) < 4.78 is 52.0. The van der Waals surface area contributed by atoms with Gasteiger partial charge in [-0.2, -0.15) is 13.2 Å². The van der Waals surface area contributed by atoms with Crippen molar-refractivity contribution < 1.29 is 32.4 Å². The van der Waals surface area contributed by atoms with Crippen molar-refractivity contribution in [1.29, 1.82) is 0 Å². The number of nitrogens with zero attached hydrogens (tertiary/aromatic N) is 1. The third-order valence-corrected chi connectivity index (χ3v) is 6.13. The molecule has 1 N–H and O–H groups in total. The van der Waals surface area contributed by atoms with Crippen LogP contribution in [-0.2, 0) is 15.5 Å². The smallest absolute Gasteiger partial charge is 0.465 e. The van der Waals surface area contributed by atoms with Crippen LogP contribution in [-0.4, -0.2) is 47.5 Å². The van der Waals surface area contributed by atoms with E-state index < -0.39 is 36.2 Å². The Bertz CT molecular complexity index is 742. The Morgan fingerprint density at radius 3 is 2.14 bits per heavy atom. The molecule has 0 spiro atoms. The van der Waals surface area contributed by atoms with Crippen LogP contribution in [0.2, 0.25) is 0 Å². The van der Waals surface area contributed by atoms with E-state index in [1.54, 1.807) is 0 Å². The average molecular weight is 399 g/mol. The fraction of sp³-hybridized carbons (Fsp3) is 0.632. The third-order valence-electron chi connectivity index (χ3n) is 6.13. The van der Waals surface area contributed by atoms with Gasteiger partial charge in [-0.25, -0.2) is 4.79 Å². The maximum atomic E-state index is 13.3. The molecule has 0 aromatic heterocycles. The Morgan fingerprint density at radius 2 is 1.68 bits per heavy atom. The Labute approximate surface area is 162 Å². The van der Waals surface area contributed by atoms with Crippen molar-refractivity contribution in [2.45, 2.75) is 63.8 Å². The summed E-state index contributed by atoms with van der Waals surface area (Å²) in [6.07, 6.45) is -4.54. The first kappa shape index (κ1) is 21.0. The number of hydrogen-bond acceptors (Lipinski definition) is 3. The largest absolute Gasteiger partial charge is 0.495 e. The molecule has 9 heteroatoms. The monoisotopic (exact) mass is 399 g/mol. The van der Waals surface area contributed by atoms with Crippen molar-refractivity contribution in [2.24, 2.45) is 0 Å². The highest BCUT2D eigenvalue weighted by Gasteiger charge is 2.52. The number of halogens is 3. The van der Waals surface area contributed by atoms with Gasteiger partial charge in [0.2, 0.25) is 0 Å². The first-order chi connectivity index (χ1) is 12.8. The van der Waals surface area contributed by atoms with Gasteiger partial charge in [-0.15, -0.1) is 0 Å². The van der Waals surface area contributed by atoms with Gasteiger partial charge in [-0.1, -0.05) is 12.1 Å². The second-order valence-corrected chi connectivity index (χ2v) is 8.47. The molecule has 154 valence electrons. The van der Waals surface area contributed by atoms with E-state index in [0.717, 1.165) is 6.07 Å². The fourth-order valence-corrected chi connectivity index (χ4v) is 3.67. The van der Waals surface area contributed by atoms with Gasteiger partial charge < -0.3 is 19.3 Å². The highest BCUT2D eigenvalue weighted by molar-refractivity contribution is 6.62. The normalized spacial score (nSPS) is 22.5. The molecule has 28 heavy (non-hydrogen) atoms. The molecule has 0 unspecified atom stereocenters. The lowest BCUT2D eigenvalue weighted by Gasteiger charge is -2.32. The molecule has 0 saturated carbocycles. The van der Waals surface area contributed by atoms with E-state index in [-0.39, 0.29) is 5.92 Å². The molecule has 1 aromatic rings. The van der Waals surface area contributed by atoms with E-state index in [9.17, 15) is 18.0 Å². The van der Waals surface area contributed by atoms with Gasteiger partial charge in [0.25, 0.3) is 0 Å². The lowest BCUT2D eigenvalue weighted by atomic mass is 9.71. The second-order valence-electron chi connectivity index (χ2n) is 8.47. The third kappa shape index (κ3) is 3.87. The fourth-order valence-electron chi connectivity index (χ4n) is 3.67. The van der Waals surface area contributed by atoms with Crippen LogP contribution in [0.3, 0.4) is 0 Å². The van der Waals surface area contributed by atoms with Crippen LogP contribution in [0.5, 0.6) is 0 Å². The summed E-state index contributed by atoms with van der Waals surface area (Å²) in [4.78, 5) is 12.4. The summed E-state index contributed by atoms with van der Waals surface area (Å²) in [7, 11) is -0.764. The Balaban J connectivity index is 1.96. The molecule has 2 aliphatic rings. The molecule has 2 saturated heterocycles. The van der Waals surface area contributed by atoms with Gasteiger partial charge >= 0.3 is 19.4 Å². The van der Waals surface area contributed by atoms with Crippen molar-refractivity contribution in [3.05, 3.63) is 29.3 Å². The molecule has 0 atom stereocenters. The number of likely N-dealkylation sites (tertiary alicyclic amines) is 1. The number of alkyl halides is 3. The molecule has 1 amide bonds. The predicted molar refractivity (Wildman–Crippen MR) is 98.7 cm³/mol. The number of rotatable bonds is 2. The number of hydrogen-bond donors (Lipinski definition) is 1. The number of benzene rings is 1. The first-order valence-corrected chi connectivity index (χ1v) is 9.36. The summed E-state index contributed by atoms with van der Waals surface area (Å²) in [6, 6.07) is 3.65. The zero-order chi connectivity index (χ0) is 20.9. The van der Waals surface area contributed by atoms with Crippen molar-refractivity contribution in [1.82, 2.24) is 4.90 Å². The van der Waals surface area contributed by atoms with Crippen molar-refractivity contribution in [2.75, 3.05) is 13.1 Å². The summed E-state index contributed by atoms with van der Waals surface area (Å²) >= 11 is 0. The summed E-state index contributed by atoms with van der Waals surface area (Å²) in [5.74, 6) is -0.188. The van der Waals surface area contributed by atoms with E-state index >= 15 is 0 Å². The van der Waals surface area contributed by atoms with Crippen LogP contribution in [0.25, 0.3) is 0 Å². The second kappa shape index (κ2) is 6.95. The number of carbonyl (C=O) groups is 1. The Hall–Kier alpha value is -1.74. The summed E-state index contributed by atoms with van der Waals surface area (Å²) in [5, 5.41) is 9.13. The lowest BCUT2D eigenvalue weighted by molar-refractivity contribution is -0.137. The molecule has 0 aliphatic carbocycles. The molecular weight excluding hydrogens is 374 g/mol. The van der Waals surface area contributed by atoms with Crippen LogP contribution >= 0.6 is 0 Å². The molecule has 2 aliphatic heterocycles. The zero-order valence-corrected chi connectivity index (χ0v) is 16.5. The minimum atomic E-state index is -4.45. The van der Waals surface area contributed by atoms with E-state index in [1.165, 1.54) is 17.0 Å². The van der Waals surface area contributed by atoms with E-state index in [2.05, 4.69) is 0 Å². The van der Waals surface area contributed by atoms with Gasteiger partial charge in [-0.3, -0.25) is 0 Å². The number of amides is 1. The quantitative estimate of drug-likeness (QED) is 0.768. The van der Waals surface area contributed by atoms with E-state index in [1.807, 2.05) is 27.7 Å². The number of carboxylic acid groups (broad SMARTS) is 1. The van der Waals surface area contributed by atoms with Gasteiger partial charge in [0.15, 0.2) is 0 Å². The standard InChI is InChI=1S/C19H25BF3NO4/c1-17(2)18(3,4)28-20(27-17)15-6-5-13(19(21,22)23)11-14(15)12-7-9-24(10-8-12)16(25)26/h5-6,11-12H,7-10H2,1-4H3,(H,25,26). The lowest BCUT2D eigenvalue weighted by Crippen LogP contribution is -2.41. The van der Waals surface area contributed by atoms with Crippen LogP contribution in [0.15, 0.2) is 18.2 Å². The minimum Gasteiger partial charge on any atom is -0.465 e. The molecule has 2 fully saturated rings. The molecule has 0 radical (unpaired) electrons. The van der Waals surface area contributed by atoms with Gasteiger partial charge in [0.05, 0.1) is 16.8 Å². The SMILES string of the molecule is CC1(C)OB(c2ccc(C(F)(F)F)cc2C2CCN(C(=O)O)CC2)OC1(C)C. The van der Waals surface area contributed by atoms with Crippen molar-refractivity contribution >= 4 is 18.7 Å². The van der Waals surface area contributed by atoms with Crippen LogP contribution < -0.4 is 5.46 Å². The Kier molecular flexibility index (Phi) is 5.21. The maximum absolute atomic E-state index is 13.3. The molecule has 3 rings (SSSR count). The molecular formula is C19H25BF3NO4. The van der Waals surface area contributed by atoms with Crippen LogP contribution in [0, 0.1) is 0 Å². The minimum absolute atomic E-state index is 0.188. The maximum Gasteiger partial charge on any atom is 0.495 e. The van der Waals surface area contributed by atoms with Crippen molar-refractivity contribution in [3.8, 4) is 0 Å². The molecule has 0 bridgehead atoms. The molecule has 5 nitrogen and oxygen atoms in total. The predicted octanol–water partition coefficient (Wildman–Crippen LogP) is 3.86. The molecule has 2 heterocycles. The van der Waals surface area contributed by atoms with E-state index in [0.29, 0.717) is 37.0 Å². The zero-order valence-electron chi connectivity index (χ0n) is 16.5. The highest BCUT2D eigenvalue weighted by atomic mass is 19.4. The van der Waals surface area contributed by atoms with Gasteiger partial charge in [-0.05, 0) is 63.5 Å². The van der Waals surface area contributed by atoms with Gasteiger partial charge in [0, 0.05) is 13.1 Å². The summed E-state index contributed by atoms with van der Waals surface area (Å²) in [6.45, 7) is 8.15. The van der Waals surface area contributed by atoms with Crippen molar-refractivity contribution in [3.63, 3.8) is 0 Å². The topological polar surface area (TPSA) is 59.0 Å². The Morgan fingerprint density at radius 1 is 1.14 bits per heavy atom. The van der Waals surface area contributed by atoms with Crippen LogP contribution in [0.1, 0.15) is 57.6 Å². The van der Waals surface area contributed by atoms with Gasteiger partial charge in [0.1, 0.15) is 0 Å². The molecule has 1 aromatic carbocycles. The van der Waals surface area contributed by atoms with E-state index in [4.69, 9.17) is 14.4 Å². The van der Waals surface area contributed by atoms with Crippen LogP contribution in [0.4, 0.5) is 18.0 Å². The summed E-state index contributed by atoms with van der Waals surface area (Å²) in [5.41, 5.74) is -0.823. The number of piperidine rings is 1. The highest BCUT2D eigenvalue weighted by Crippen LogP contribution is 2.39. The first-order valence-electron chi connectivity index (χ1n) is 9.36. The average Bonchev–Trinajstić information content (AvgIpc) is 2.81.